The largest absolute Gasteiger partial charge is 0.331 e. The zero-order valence-electron chi connectivity index (χ0n) is 20.6. The Morgan fingerprint density at radius 1 is 1.03 bits per heavy atom. The van der Waals surface area contributed by atoms with Crippen molar-refractivity contribution < 1.29 is 0 Å². The first-order valence-electron chi connectivity index (χ1n) is 12.5. The molecule has 7 nitrogen and oxygen atoms in total. The molecule has 1 aromatic heterocycles. The number of rotatable bonds is 8. The van der Waals surface area contributed by atoms with Gasteiger partial charge in [-0.2, -0.15) is 10.5 Å². The number of aryl methyl sites for hydroxylation is 2. The van der Waals surface area contributed by atoms with Gasteiger partial charge in [0.15, 0.2) is 0 Å². The SMILES string of the molecule is Cc1cn(CCCNC2CCC(C#N)(c3ccccc3C#N)CC2)c(=O)n(Cc2ccccc2)c1=O. The van der Waals surface area contributed by atoms with Crippen LogP contribution in [0.15, 0.2) is 70.4 Å². The van der Waals surface area contributed by atoms with Crippen molar-refractivity contribution in [1.82, 2.24) is 14.5 Å². The van der Waals surface area contributed by atoms with Crippen molar-refractivity contribution in [2.45, 2.75) is 63.6 Å². The fourth-order valence-corrected chi connectivity index (χ4v) is 5.17. The number of hydrogen-bond acceptors (Lipinski definition) is 5. The van der Waals surface area contributed by atoms with E-state index < -0.39 is 5.41 Å². The highest BCUT2D eigenvalue weighted by molar-refractivity contribution is 5.46. The standard InChI is InChI=1S/C29H31N5O2/c1-22-19-33(28(36)34(27(22)35)20-23-8-3-2-4-9-23)17-7-16-32-25-12-14-29(21-31,15-13-25)26-11-6-5-10-24(26)18-30/h2-6,8-11,19,25,32H,7,12-17,20H2,1H3. The van der Waals surface area contributed by atoms with Gasteiger partial charge in [0, 0.05) is 24.3 Å². The van der Waals surface area contributed by atoms with E-state index in [0.29, 0.717) is 36.6 Å². The van der Waals surface area contributed by atoms with E-state index in [2.05, 4.69) is 17.5 Å². The number of nitrogens with one attached hydrogen (secondary N) is 1. The van der Waals surface area contributed by atoms with Gasteiger partial charge in [0.05, 0.1) is 29.7 Å². The summed E-state index contributed by atoms with van der Waals surface area (Å²) in [7, 11) is 0. The van der Waals surface area contributed by atoms with E-state index in [1.807, 2.05) is 48.5 Å². The van der Waals surface area contributed by atoms with Gasteiger partial charge < -0.3 is 9.88 Å². The van der Waals surface area contributed by atoms with Crippen molar-refractivity contribution in [3.8, 4) is 12.1 Å². The Morgan fingerprint density at radius 2 is 1.72 bits per heavy atom. The molecule has 0 saturated heterocycles. The van der Waals surface area contributed by atoms with Gasteiger partial charge in [0.1, 0.15) is 0 Å². The Morgan fingerprint density at radius 3 is 2.42 bits per heavy atom. The molecule has 1 fully saturated rings. The Balaban J connectivity index is 1.34. The highest BCUT2D eigenvalue weighted by Gasteiger charge is 2.38. The van der Waals surface area contributed by atoms with Gasteiger partial charge in [0.25, 0.3) is 5.56 Å². The topological polar surface area (TPSA) is 104 Å². The molecule has 7 heteroatoms. The molecule has 1 aliphatic rings. The molecule has 0 atom stereocenters. The lowest BCUT2D eigenvalue weighted by atomic mass is 9.68. The molecule has 0 radical (unpaired) electrons. The predicted octanol–water partition coefficient (Wildman–Crippen LogP) is 3.62. The van der Waals surface area contributed by atoms with Gasteiger partial charge in [0.2, 0.25) is 0 Å². The van der Waals surface area contributed by atoms with Crippen LogP contribution < -0.4 is 16.6 Å². The summed E-state index contributed by atoms with van der Waals surface area (Å²) in [6.07, 6.45) is 5.54. The highest BCUT2D eigenvalue weighted by atomic mass is 16.2. The quantitative estimate of drug-likeness (QED) is 0.495. The van der Waals surface area contributed by atoms with Gasteiger partial charge >= 0.3 is 5.69 Å². The molecule has 0 spiro atoms. The van der Waals surface area contributed by atoms with Crippen LogP contribution in [0.1, 0.15) is 54.4 Å². The van der Waals surface area contributed by atoms with Gasteiger partial charge in [-0.15, -0.1) is 0 Å². The molecule has 1 saturated carbocycles. The second-order valence-corrected chi connectivity index (χ2v) is 9.60. The molecule has 1 heterocycles. The lowest BCUT2D eigenvalue weighted by Crippen LogP contribution is -2.42. The smallest absolute Gasteiger partial charge is 0.314 e. The van der Waals surface area contributed by atoms with Crippen molar-refractivity contribution in [3.05, 3.63) is 104 Å². The monoisotopic (exact) mass is 481 g/mol. The second-order valence-electron chi connectivity index (χ2n) is 9.60. The molecule has 0 bridgehead atoms. The Bertz CT molecular complexity index is 1400. The molecule has 2 aromatic carbocycles. The van der Waals surface area contributed by atoms with Crippen molar-refractivity contribution in [3.63, 3.8) is 0 Å². The van der Waals surface area contributed by atoms with Crippen LogP contribution in [-0.4, -0.2) is 21.7 Å². The average molecular weight is 482 g/mol. The minimum Gasteiger partial charge on any atom is -0.314 e. The maximum Gasteiger partial charge on any atom is 0.331 e. The van der Waals surface area contributed by atoms with Crippen molar-refractivity contribution in [2.75, 3.05) is 6.54 Å². The zero-order valence-corrected chi connectivity index (χ0v) is 20.6. The minimum absolute atomic E-state index is 0.251. The van der Waals surface area contributed by atoms with Gasteiger partial charge in [-0.3, -0.25) is 9.36 Å². The summed E-state index contributed by atoms with van der Waals surface area (Å²) in [5.41, 5.74) is 1.74. The molecular weight excluding hydrogens is 450 g/mol. The number of hydrogen-bond donors (Lipinski definition) is 1. The van der Waals surface area contributed by atoms with Crippen molar-refractivity contribution in [1.29, 1.82) is 10.5 Å². The Labute approximate surface area is 211 Å². The molecular formula is C29H31N5O2. The van der Waals surface area contributed by atoms with Gasteiger partial charge in [-0.25, -0.2) is 4.79 Å². The fraction of sp³-hybridized carbons (Fsp3) is 0.379. The number of benzene rings is 2. The molecule has 1 aliphatic carbocycles. The van der Waals surface area contributed by atoms with E-state index in [0.717, 1.165) is 36.9 Å². The summed E-state index contributed by atoms with van der Waals surface area (Å²) < 4.78 is 2.93. The molecule has 184 valence electrons. The highest BCUT2D eigenvalue weighted by Crippen LogP contribution is 2.40. The number of nitriles is 2. The summed E-state index contributed by atoms with van der Waals surface area (Å²) in [6, 6.07) is 22.0. The van der Waals surface area contributed by atoms with Crippen LogP contribution in [-0.2, 0) is 18.5 Å². The Hall–Kier alpha value is -3.94. The first-order valence-corrected chi connectivity index (χ1v) is 12.5. The third-order valence-electron chi connectivity index (χ3n) is 7.22. The van der Waals surface area contributed by atoms with Crippen LogP contribution in [0.25, 0.3) is 0 Å². The van der Waals surface area contributed by atoms with Crippen LogP contribution in [0.2, 0.25) is 0 Å². The van der Waals surface area contributed by atoms with Crippen LogP contribution in [0, 0.1) is 29.6 Å². The van der Waals surface area contributed by atoms with E-state index in [1.54, 1.807) is 23.8 Å². The summed E-state index contributed by atoms with van der Waals surface area (Å²) in [6.45, 7) is 3.26. The number of nitrogens with zero attached hydrogens (tertiary/aromatic N) is 4. The van der Waals surface area contributed by atoms with Crippen LogP contribution in [0.3, 0.4) is 0 Å². The normalized spacial score (nSPS) is 19.4. The summed E-state index contributed by atoms with van der Waals surface area (Å²) >= 11 is 0. The number of aromatic nitrogens is 2. The Kier molecular flexibility index (Phi) is 7.83. The molecule has 0 amide bonds. The molecule has 0 aliphatic heterocycles. The molecule has 4 rings (SSSR count). The van der Waals surface area contributed by atoms with E-state index >= 15 is 0 Å². The zero-order chi connectivity index (χ0) is 25.5. The molecule has 0 unspecified atom stereocenters. The summed E-state index contributed by atoms with van der Waals surface area (Å²) in [5, 5.41) is 23.0. The summed E-state index contributed by atoms with van der Waals surface area (Å²) in [5.74, 6) is 0. The van der Waals surface area contributed by atoms with Crippen LogP contribution in [0.4, 0.5) is 0 Å². The van der Waals surface area contributed by atoms with E-state index in [9.17, 15) is 20.1 Å². The third kappa shape index (κ3) is 5.32. The third-order valence-corrected chi connectivity index (χ3v) is 7.22. The first kappa shape index (κ1) is 25.2. The molecule has 3 aromatic rings. The van der Waals surface area contributed by atoms with E-state index in [1.165, 1.54) is 4.57 Å². The first-order chi connectivity index (χ1) is 17.5. The van der Waals surface area contributed by atoms with Crippen LogP contribution in [0.5, 0.6) is 0 Å². The van der Waals surface area contributed by atoms with Gasteiger partial charge in [-0.1, -0.05) is 48.5 Å². The average Bonchev–Trinajstić information content (AvgIpc) is 2.92. The molecule has 36 heavy (non-hydrogen) atoms. The fourth-order valence-electron chi connectivity index (χ4n) is 5.17. The minimum atomic E-state index is -0.609. The van der Waals surface area contributed by atoms with E-state index in [4.69, 9.17) is 0 Å². The second kappa shape index (κ2) is 11.2. The summed E-state index contributed by atoms with van der Waals surface area (Å²) in [4.78, 5) is 25.6. The maximum absolute atomic E-state index is 13.0. The van der Waals surface area contributed by atoms with Gasteiger partial charge in [-0.05, 0) is 62.8 Å². The van der Waals surface area contributed by atoms with Crippen LogP contribution >= 0.6 is 0 Å². The molecule has 1 N–H and O–H groups in total. The maximum atomic E-state index is 13.0. The van der Waals surface area contributed by atoms with Crippen molar-refractivity contribution >= 4 is 0 Å². The van der Waals surface area contributed by atoms with E-state index in [-0.39, 0.29) is 17.8 Å². The van der Waals surface area contributed by atoms with Crippen molar-refractivity contribution in [2.24, 2.45) is 0 Å². The predicted molar refractivity (Wildman–Crippen MR) is 139 cm³/mol. The lowest BCUT2D eigenvalue weighted by molar-refractivity contribution is 0.293. The lowest BCUT2D eigenvalue weighted by Gasteiger charge is -2.36.